The van der Waals surface area contributed by atoms with Crippen molar-refractivity contribution in [1.82, 2.24) is 9.80 Å². The fraction of sp³-hybridized carbons (Fsp3) is 0.407. The molecule has 1 N–H and O–H groups in total. The van der Waals surface area contributed by atoms with Gasteiger partial charge in [0.15, 0.2) is 0 Å². The molecule has 6 heteroatoms. The van der Waals surface area contributed by atoms with Crippen molar-refractivity contribution in [2.45, 2.75) is 39.7 Å². The van der Waals surface area contributed by atoms with Crippen LogP contribution in [0.2, 0.25) is 0 Å². The minimum Gasteiger partial charge on any atom is -0.507 e. The summed E-state index contributed by atoms with van der Waals surface area (Å²) in [6.07, 6.45) is 2.01. The van der Waals surface area contributed by atoms with E-state index in [1.165, 1.54) is 0 Å². The molecule has 1 fully saturated rings. The molecule has 0 bridgehead atoms. The number of carbonyl (C=O) groups is 2. The van der Waals surface area contributed by atoms with Crippen molar-refractivity contribution < 1.29 is 19.4 Å². The number of aliphatic hydroxyl groups excluding tert-OH is 1. The number of rotatable bonds is 9. The maximum atomic E-state index is 13.1. The number of hydrogen-bond acceptors (Lipinski definition) is 5. The largest absolute Gasteiger partial charge is 0.507 e. The van der Waals surface area contributed by atoms with E-state index in [4.69, 9.17) is 4.74 Å². The van der Waals surface area contributed by atoms with E-state index in [2.05, 4.69) is 6.92 Å². The highest BCUT2D eigenvalue weighted by molar-refractivity contribution is 6.46. The van der Waals surface area contributed by atoms with E-state index in [1.54, 1.807) is 17.0 Å². The zero-order chi connectivity index (χ0) is 24.1. The van der Waals surface area contributed by atoms with Crippen LogP contribution in [-0.4, -0.2) is 60.4 Å². The van der Waals surface area contributed by atoms with Gasteiger partial charge >= 0.3 is 0 Å². The summed E-state index contributed by atoms with van der Waals surface area (Å²) < 4.78 is 5.82. The molecule has 0 unspecified atom stereocenters. The van der Waals surface area contributed by atoms with Crippen LogP contribution < -0.4 is 4.74 Å². The van der Waals surface area contributed by atoms with Gasteiger partial charge in [-0.05, 0) is 63.7 Å². The number of hydrogen-bond donors (Lipinski definition) is 1. The van der Waals surface area contributed by atoms with Crippen LogP contribution in [0, 0.1) is 13.8 Å². The Morgan fingerprint density at radius 3 is 2.39 bits per heavy atom. The lowest BCUT2D eigenvalue weighted by molar-refractivity contribution is -0.140. The molecule has 0 spiro atoms. The van der Waals surface area contributed by atoms with Gasteiger partial charge in [0.25, 0.3) is 11.7 Å². The van der Waals surface area contributed by atoms with Crippen molar-refractivity contribution in [2.75, 3.05) is 33.8 Å². The summed E-state index contributed by atoms with van der Waals surface area (Å²) in [7, 11) is 3.84. The fourth-order valence-corrected chi connectivity index (χ4v) is 3.95. The van der Waals surface area contributed by atoms with Crippen molar-refractivity contribution in [3.63, 3.8) is 0 Å². The first kappa shape index (κ1) is 24.5. The van der Waals surface area contributed by atoms with E-state index in [-0.39, 0.29) is 11.3 Å². The maximum absolute atomic E-state index is 13.1. The van der Waals surface area contributed by atoms with E-state index in [0.29, 0.717) is 25.3 Å². The molecular weight excluding hydrogens is 416 g/mol. The molecule has 1 amide bonds. The molecule has 0 radical (unpaired) electrons. The monoisotopic (exact) mass is 450 g/mol. The molecule has 2 aromatic rings. The first-order valence-corrected chi connectivity index (χ1v) is 11.5. The first-order valence-electron chi connectivity index (χ1n) is 11.5. The average Bonchev–Trinajstić information content (AvgIpc) is 3.03. The quantitative estimate of drug-likeness (QED) is 0.264. The molecular formula is C27H34N2O4. The molecule has 0 aromatic heterocycles. The number of Topliss-reactive ketones (excluding diaryl/α,β-unsaturated/α-hetero) is 1. The van der Waals surface area contributed by atoms with Gasteiger partial charge in [-0.2, -0.15) is 0 Å². The van der Waals surface area contributed by atoms with Gasteiger partial charge in [0.05, 0.1) is 18.2 Å². The number of benzene rings is 2. The summed E-state index contributed by atoms with van der Waals surface area (Å²) in [5.41, 5.74) is 3.37. The summed E-state index contributed by atoms with van der Waals surface area (Å²) in [5, 5.41) is 11.2. The lowest BCUT2D eigenvalue weighted by Gasteiger charge is -2.26. The number of likely N-dealkylation sites (tertiary alicyclic amines) is 1. The van der Waals surface area contributed by atoms with Gasteiger partial charge in [-0.1, -0.05) is 43.2 Å². The Kier molecular flexibility index (Phi) is 7.92. The summed E-state index contributed by atoms with van der Waals surface area (Å²) >= 11 is 0. The summed E-state index contributed by atoms with van der Waals surface area (Å²) in [6.45, 7) is 7.63. The van der Waals surface area contributed by atoms with Crippen LogP contribution in [0.4, 0.5) is 0 Å². The highest BCUT2D eigenvalue weighted by Crippen LogP contribution is 2.39. The molecule has 0 saturated carbocycles. The molecule has 33 heavy (non-hydrogen) atoms. The third-order valence-electron chi connectivity index (χ3n) is 5.92. The number of ether oxygens (including phenoxy) is 1. The molecule has 176 valence electrons. The Balaban J connectivity index is 2.04. The Morgan fingerprint density at radius 1 is 1.09 bits per heavy atom. The minimum absolute atomic E-state index is 0.127. The van der Waals surface area contributed by atoms with Crippen LogP contribution in [0.3, 0.4) is 0 Å². The van der Waals surface area contributed by atoms with Crippen LogP contribution >= 0.6 is 0 Å². The van der Waals surface area contributed by atoms with Gasteiger partial charge in [0.2, 0.25) is 0 Å². The molecule has 1 aliphatic heterocycles. The molecule has 3 rings (SSSR count). The Bertz CT molecular complexity index is 1040. The number of likely N-dealkylation sites (N-methyl/N-ethyl adjacent to an activating group) is 1. The van der Waals surface area contributed by atoms with Crippen molar-refractivity contribution in [2.24, 2.45) is 0 Å². The van der Waals surface area contributed by atoms with E-state index in [0.717, 1.165) is 35.3 Å². The van der Waals surface area contributed by atoms with Crippen molar-refractivity contribution in [1.29, 1.82) is 0 Å². The summed E-state index contributed by atoms with van der Waals surface area (Å²) in [5.74, 6) is -0.644. The number of ketones is 1. The molecule has 1 atom stereocenters. The molecule has 1 saturated heterocycles. The third-order valence-corrected chi connectivity index (χ3v) is 5.92. The minimum atomic E-state index is -0.655. The van der Waals surface area contributed by atoms with Crippen molar-refractivity contribution >= 4 is 17.4 Å². The molecule has 2 aromatic carbocycles. The van der Waals surface area contributed by atoms with Gasteiger partial charge in [-0.15, -0.1) is 0 Å². The standard InChI is InChI=1S/C27H34N2O4/c1-6-7-16-33-22-13-12-21(17-19(22)3)25(30)23-24(20-10-8-18(2)9-11-20)29(15-14-28(4)5)27(32)26(23)31/h8-13,17,24,30H,6-7,14-16H2,1-5H3/t24-/m1/s1. The van der Waals surface area contributed by atoms with Crippen molar-refractivity contribution in [3.05, 3.63) is 70.3 Å². The normalized spacial score (nSPS) is 17.8. The second kappa shape index (κ2) is 10.7. The SMILES string of the molecule is CCCCOc1ccc(C(O)=C2C(=O)C(=O)N(CCN(C)C)[C@@H]2c2ccc(C)cc2)cc1C. The van der Waals surface area contributed by atoms with Crippen molar-refractivity contribution in [3.8, 4) is 5.75 Å². The van der Waals surface area contributed by atoms with Gasteiger partial charge in [0, 0.05) is 18.7 Å². The van der Waals surface area contributed by atoms with Crippen LogP contribution in [0.15, 0.2) is 48.0 Å². The van der Waals surface area contributed by atoms with Gasteiger partial charge in [-0.25, -0.2) is 0 Å². The molecule has 1 heterocycles. The second-order valence-corrected chi connectivity index (χ2v) is 8.89. The molecule has 6 nitrogen and oxygen atoms in total. The predicted octanol–water partition coefficient (Wildman–Crippen LogP) is 4.47. The number of nitrogens with zero attached hydrogens (tertiary/aromatic N) is 2. The molecule has 0 aliphatic carbocycles. The zero-order valence-corrected chi connectivity index (χ0v) is 20.2. The summed E-state index contributed by atoms with van der Waals surface area (Å²) in [6, 6.07) is 12.4. The van der Waals surface area contributed by atoms with Crippen LogP contribution in [0.5, 0.6) is 5.75 Å². The average molecular weight is 451 g/mol. The van der Waals surface area contributed by atoms with Crippen LogP contribution in [-0.2, 0) is 9.59 Å². The van der Waals surface area contributed by atoms with Gasteiger partial charge in [-0.3, -0.25) is 9.59 Å². The number of carbonyl (C=O) groups excluding carboxylic acids is 2. The third kappa shape index (κ3) is 5.45. The Labute approximate surface area is 196 Å². The summed E-state index contributed by atoms with van der Waals surface area (Å²) in [4.78, 5) is 29.6. The predicted molar refractivity (Wildman–Crippen MR) is 130 cm³/mol. The lowest BCUT2D eigenvalue weighted by atomic mass is 9.94. The highest BCUT2D eigenvalue weighted by atomic mass is 16.5. The smallest absolute Gasteiger partial charge is 0.295 e. The fourth-order valence-electron chi connectivity index (χ4n) is 3.95. The zero-order valence-electron chi connectivity index (χ0n) is 20.2. The van der Waals surface area contributed by atoms with Gasteiger partial charge in [0.1, 0.15) is 11.5 Å². The van der Waals surface area contributed by atoms with E-state index in [1.807, 2.05) is 63.2 Å². The molecule has 1 aliphatic rings. The lowest BCUT2D eigenvalue weighted by Crippen LogP contribution is -2.35. The number of aryl methyl sites for hydroxylation is 2. The van der Waals surface area contributed by atoms with Gasteiger partial charge < -0.3 is 19.6 Å². The Morgan fingerprint density at radius 2 is 1.79 bits per heavy atom. The first-order chi connectivity index (χ1) is 15.7. The number of amides is 1. The van der Waals surface area contributed by atoms with E-state index >= 15 is 0 Å². The second-order valence-electron chi connectivity index (χ2n) is 8.89. The van der Waals surface area contributed by atoms with Crippen LogP contribution in [0.25, 0.3) is 5.76 Å². The number of unbranched alkanes of at least 4 members (excludes halogenated alkanes) is 1. The van der Waals surface area contributed by atoms with E-state index in [9.17, 15) is 14.7 Å². The van der Waals surface area contributed by atoms with Crippen LogP contribution in [0.1, 0.15) is 48.1 Å². The topological polar surface area (TPSA) is 70.1 Å². The Hall–Kier alpha value is -3.12. The number of aliphatic hydroxyl groups is 1. The maximum Gasteiger partial charge on any atom is 0.295 e. The highest BCUT2D eigenvalue weighted by Gasteiger charge is 2.45. The van der Waals surface area contributed by atoms with E-state index < -0.39 is 17.7 Å².